The molecule has 9 heteroatoms. The van der Waals surface area contributed by atoms with E-state index in [2.05, 4.69) is 0 Å². The molecular weight excluding hydrogens is 441 g/mol. The van der Waals surface area contributed by atoms with Crippen LogP contribution in [-0.4, -0.2) is 12.5 Å². The van der Waals surface area contributed by atoms with E-state index in [1.54, 1.807) is 4.90 Å². The van der Waals surface area contributed by atoms with E-state index in [0.717, 1.165) is 43.5 Å². The van der Waals surface area contributed by atoms with Crippen molar-refractivity contribution in [1.29, 1.82) is 0 Å². The highest BCUT2D eigenvalue weighted by atomic mass is 35.8. The molecule has 0 unspecified atom stereocenters. The molecule has 27 heavy (non-hydrogen) atoms. The summed E-state index contributed by atoms with van der Waals surface area (Å²) in [5.41, 5.74) is 0.710. The van der Waals surface area contributed by atoms with Crippen molar-refractivity contribution in [3.05, 3.63) is 59.7 Å². The Morgan fingerprint density at radius 1 is 0.667 bits per heavy atom. The number of hydrogen-bond acceptors (Lipinski definition) is 1. The van der Waals surface area contributed by atoms with Gasteiger partial charge in [-0.25, -0.2) is 17.6 Å². The van der Waals surface area contributed by atoms with Gasteiger partial charge >= 0.3 is 6.00 Å². The summed E-state index contributed by atoms with van der Waals surface area (Å²) in [4.78, 5) is 1.62. The average Bonchev–Trinajstić information content (AvgIpc) is 2.59. The molecule has 2 aromatic rings. The van der Waals surface area contributed by atoms with Crippen molar-refractivity contribution in [3.8, 4) is 0 Å². The second-order valence-electron chi connectivity index (χ2n) is 6.13. The summed E-state index contributed by atoms with van der Waals surface area (Å²) in [5, 5.41) is 0. The Labute approximate surface area is 171 Å². The van der Waals surface area contributed by atoms with Gasteiger partial charge in [-0.2, -0.15) is 0 Å². The number of benzene rings is 2. The van der Waals surface area contributed by atoms with Gasteiger partial charge in [-0.3, -0.25) is 0 Å². The lowest BCUT2D eigenvalue weighted by Crippen LogP contribution is -2.19. The lowest BCUT2D eigenvalue weighted by atomic mass is 10.1. The minimum atomic E-state index is -2.62. The fourth-order valence-corrected chi connectivity index (χ4v) is 4.52. The summed E-state index contributed by atoms with van der Waals surface area (Å²) in [6, 6.07) is 4.83. The molecule has 0 aromatic heterocycles. The van der Waals surface area contributed by atoms with Gasteiger partial charge in [-0.15, -0.1) is 33.2 Å². The molecule has 2 rings (SSSR count). The molecule has 0 amide bonds. The third kappa shape index (κ3) is 7.18. The Balaban J connectivity index is 2.08. The van der Waals surface area contributed by atoms with E-state index in [0.29, 0.717) is 30.4 Å². The molecule has 0 spiro atoms. The van der Waals surface area contributed by atoms with Gasteiger partial charge in [-0.05, 0) is 36.7 Å². The first-order valence-electron chi connectivity index (χ1n) is 8.42. The summed E-state index contributed by atoms with van der Waals surface area (Å²) in [6.07, 6.45) is 3.15. The van der Waals surface area contributed by atoms with Crippen LogP contribution in [0.1, 0.15) is 25.7 Å². The third-order valence-electron chi connectivity index (χ3n) is 4.02. The molecule has 0 fully saturated rings. The van der Waals surface area contributed by atoms with Crippen LogP contribution in [0.4, 0.5) is 28.9 Å². The fraction of sp³-hybridized carbons (Fsp3) is 0.333. The molecule has 1 nitrogen and oxygen atoms in total. The van der Waals surface area contributed by atoms with E-state index >= 15 is 0 Å². The van der Waals surface area contributed by atoms with Crippen molar-refractivity contribution < 1.29 is 17.6 Å². The van der Waals surface area contributed by atoms with E-state index in [-0.39, 0.29) is 0 Å². The van der Waals surface area contributed by atoms with Crippen LogP contribution in [0.5, 0.6) is 0 Å². The van der Waals surface area contributed by atoms with Crippen LogP contribution in [-0.2, 0) is 0 Å². The molecule has 0 saturated carbocycles. The number of halogens is 7. The van der Waals surface area contributed by atoms with Crippen LogP contribution in [0.2, 0.25) is 6.04 Å². The van der Waals surface area contributed by atoms with Crippen molar-refractivity contribution in [2.45, 2.75) is 31.7 Å². The van der Waals surface area contributed by atoms with Crippen molar-refractivity contribution in [2.24, 2.45) is 0 Å². The van der Waals surface area contributed by atoms with Crippen molar-refractivity contribution >= 4 is 50.6 Å². The highest BCUT2D eigenvalue weighted by molar-refractivity contribution is 7.64. The van der Waals surface area contributed by atoms with Gasteiger partial charge in [-0.1, -0.05) is 19.3 Å². The van der Waals surface area contributed by atoms with E-state index < -0.39 is 29.3 Å². The van der Waals surface area contributed by atoms with Gasteiger partial charge < -0.3 is 4.90 Å². The lowest BCUT2D eigenvalue weighted by Gasteiger charge is -2.25. The predicted molar refractivity (Wildman–Crippen MR) is 106 cm³/mol. The average molecular weight is 459 g/mol. The third-order valence-corrected chi connectivity index (χ3v) is 6.64. The Bertz CT molecular complexity index is 719. The van der Waals surface area contributed by atoms with E-state index in [1.165, 1.54) is 12.1 Å². The zero-order chi connectivity index (χ0) is 20.0. The standard InChI is InChI=1S/C18H18Cl3F4NSi/c19-27(20,21)10-4-2-1-3-9-26(13-5-7-15(22)17(24)11-13)14-6-8-16(23)18(25)12-14/h5-8,11-12H,1-4,9-10H2. The number of nitrogens with zero attached hydrogens (tertiary/aromatic N) is 1. The number of unbranched alkanes of at least 4 members (excludes halogenated alkanes) is 3. The van der Waals surface area contributed by atoms with Crippen LogP contribution < -0.4 is 4.90 Å². The smallest absolute Gasteiger partial charge is 0.341 e. The van der Waals surface area contributed by atoms with Gasteiger partial charge in [0.1, 0.15) is 0 Å². The second kappa shape index (κ2) is 10.0. The predicted octanol–water partition coefficient (Wildman–Crippen LogP) is 7.60. The summed E-state index contributed by atoms with van der Waals surface area (Å²) < 4.78 is 53.7. The monoisotopic (exact) mass is 457 g/mol. The van der Waals surface area contributed by atoms with E-state index in [1.807, 2.05) is 0 Å². The van der Waals surface area contributed by atoms with Gasteiger partial charge in [0.15, 0.2) is 23.3 Å². The van der Waals surface area contributed by atoms with Crippen molar-refractivity contribution in [2.75, 3.05) is 11.4 Å². The maximum absolute atomic E-state index is 13.6. The first kappa shape index (κ1) is 22.3. The largest absolute Gasteiger partial charge is 0.341 e. The van der Waals surface area contributed by atoms with E-state index in [9.17, 15) is 17.6 Å². The molecule has 0 radical (unpaired) electrons. The molecule has 0 aliphatic heterocycles. The highest BCUT2D eigenvalue weighted by Crippen LogP contribution is 2.30. The van der Waals surface area contributed by atoms with E-state index in [4.69, 9.17) is 33.2 Å². The highest BCUT2D eigenvalue weighted by Gasteiger charge is 2.23. The molecule has 0 bridgehead atoms. The normalized spacial score (nSPS) is 11.7. The zero-order valence-corrected chi connectivity index (χ0v) is 17.6. The molecule has 0 heterocycles. The number of hydrogen-bond donors (Lipinski definition) is 0. The molecule has 148 valence electrons. The van der Waals surface area contributed by atoms with Crippen LogP contribution in [0.25, 0.3) is 0 Å². The maximum atomic E-state index is 13.6. The fourth-order valence-electron chi connectivity index (χ4n) is 2.66. The first-order chi connectivity index (χ1) is 12.7. The second-order valence-corrected chi connectivity index (χ2v) is 15.4. The first-order valence-corrected chi connectivity index (χ1v) is 13.7. The zero-order valence-electron chi connectivity index (χ0n) is 14.3. The topological polar surface area (TPSA) is 3.24 Å². The summed E-state index contributed by atoms with van der Waals surface area (Å²) in [6.45, 7) is 0.418. The quantitative estimate of drug-likeness (QED) is 0.162. The molecular formula is C18H18Cl3F4NSi. The number of rotatable bonds is 9. The molecule has 2 aromatic carbocycles. The summed E-state index contributed by atoms with van der Waals surface area (Å²) in [7, 11) is 0. The Hall–Kier alpha value is -0.953. The van der Waals surface area contributed by atoms with Crippen LogP contribution >= 0.6 is 33.2 Å². The van der Waals surface area contributed by atoms with Gasteiger partial charge in [0.05, 0.1) is 0 Å². The minimum absolute atomic E-state index is 0.355. The van der Waals surface area contributed by atoms with Crippen molar-refractivity contribution in [3.63, 3.8) is 0 Å². The summed E-state index contributed by atoms with van der Waals surface area (Å²) >= 11 is 17.5. The molecule has 0 aliphatic rings. The maximum Gasteiger partial charge on any atom is 0.341 e. The van der Waals surface area contributed by atoms with Gasteiger partial charge in [0.2, 0.25) is 0 Å². The molecule has 0 atom stereocenters. The SMILES string of the molecule is Fc1ccc(N(CCCCCC[Si](Cl)(Cl)Cl)c2ccc(F)c(F)c2)cc1F. The van der Waals surface area contributed by atoms with Crippen LogP contribution in [0, 0.1) is 23.3 Å². The van der Waals surface area contributed by atoms with Gasteiger partial charge in [0.25, 0.3) is 0 Å². The Morgan fingerprint density at radius 2 is 1.15 bits per heavy atom. The van der Waals surface area contributed by atoms with Crippen LogP contribution in [0.15, 0.2) is 36.4 Å². The summed E-state index contributed by atoms with van der Waals surface area (Å²) in [5.74, 6) is -3.96. The van der Waals surface area contributed by atoms with Crippen molar-refractivity contribution in [1.82, 2.24) is 0 Å². The minimum Gasteiger partial charge on any atom is -0.341 e. The van der Waals surface area contributed by atoms with Crippen LogP contribution in [0.3, 0.4) is 0 Å². The molecule has 0 N–H and O–H groups in total. The lowest BCUT2D eigenvalue weighted by molar-refractivity contribution is 0.507. The van der Waals surface area contributed by atoms with Gasteiger partial charge in [0, 0.05) is 30.1 Å². The Morgan fingerprint density at radius 3 is 1.59 bits per heavy atom. The Kier molecular flexibility index (Phi) is 8.28. The molecule has 0 aliphatic carbocycles. The number of anilines is 2. The molecule has 0 saturated heterocycles.